The van der Waals surface area contributed by atoms with Crippen molar-refractivity contribution in [1.82, 2.24) is 4.98 Å². The first kappa shape index (κ1) is 13.3. The Hall–Kier alpha value is -2.16. The van der Waals surface area contributed by atoms with Crippen LogP contribution in [0.25, 0.3) is 0 Å². The van der Waals surface area contributed by atoms with Gasteiger partial charge in [0.05, 0.1) is 5.41 Å². The average molecular weight is 255 g/mol. The lowest BCUT2D eigenvalue weighted by molar-refractivity contribution is -0.143. The standard InChI is InChI=1S/C16H17NO2/c1-12-6-5-7-13(10-12)16(2,15(18)19)11-14-8-3-4-9-17-14/h3-10H,11H2,1-2H3,(H,18,19). The first-order valence-electron chi connectivity index (χ1n) is 6.23. The summed E-state index contributed by atoms with van der Waals surface area (Å²) in [6, 6.07) is 13.2. The molecule has 2 aromatic rings. The Morgan fingerprint density at radius 3 is 2.63 bits per heavy atom. The van der Waals surface area contributed by atoms with E-state index < -0.39 is 11.4 Å². The van der Waals surface area contributed by atoms with Crippen molar-refractivity contribution < 1.29 is 9.90 Å². The summed E-state index contributed by atoms with van der Waals surface area (Å²) in [5, 5.41) is 9.61. The summed E-state index contributed by atoms with van der Waals surface area (Å²) in [6.07, 6.45) is 2.07. The number of rotatable bonds is 4. The second-order valence-electron chi connectivity index (χ2n) is 5.00. The molecule has 0 aliphatic heterocycles. The van der Waals surface area contributed by atoms with Gasteiger partial charge in [-0.2, -0.15) is 0 Å². The van der Waals surface area contributed by atoms with Gasteiger partial charge in [-0.15, -0.1) is 0 Å². The molecule has 0 bridgehead atoms. The minimum absolute atomic E-state index is 0.382. The molecule has 2 rings (SSSR count). The topological polar surface area (TPSA) is 50.2 Å². The average Bonchev–Trinajstić information content (AvgIpc) is 2.39. The molecule has 19 heavy (non-hydrogen) atoms. The molecule has 0 amide bonds. The van der Waals surface area contributed by atoms with Crippen LogP contribution in [0.3, 0.4) is 0 Å². The van der Waals surface area contributed by atoms with Crippen molar-refractivity contribution >= 4 is 5.97 Å². The van der Waals surface area contributed by atoms with Crippen molar-refractivity contribution in [1.29, 1.82) is 0 Å². The molecule has 3 heteroatoms. The maximum absolute atomic E-state index is 11.7. The predicted octanol–water partition coefficient (Wildman–Crippen LogP) is 2.98. The third kappa shape index (κ3) is 2.81. The van der Waals surface area contributed by atoms with Crippen LogP contribution in [0.5, 0.6) is 0 Å². The maximum Gasteiger partial charge on any atom is 0.314 e. The van der Waals surface area contributed by atoms with E-state index in [-0.39, 0.29) is 0 Å². The largest absolute Gasteiger partial charge is 0.481 e. The molecule has 1 atom stereocenters. The zero-order chi connectivity index (χ0) is 13.9. The highest BCUT2D eigenvalue weighted by Gasteiger charge is 2.35. The molecule has 0 spiro atoms. The van der Waals surface area contributed by atoms with Crippen LogP contribution in [-0.4, -0.2) is 16.1 Å². The molecule has 1 aromatic carbocycles. The third-order valence-corrected chi connectivity index (χ3v) is 3.39. The number of carboxylic acids is 1. The molecule has 0 saturated heterocycles. The van der Waals surface area contributed by atoms with Crippen LogP contribution in [0, 0.1) is 6.92 Å². The summed E-state index contributed by atoms with van der Waals surface area (Å²) in [5.74, 6) is -0.830. The van der Waals surface area contributed by atoms with E-state index in [4.69, 9.17) is 0 Å². The molecule has 1 heterocycles. The highest BCUT2D eigenvalue weighted by molar-refractivity contribution is 5.81. The number of aromatic nitrogens is 1. The van der Waals surface area contributed by atoms with Gasteiger partial charge in [0, 0.05) is 18.3 Å². The van der Waals surface area contributed by atoms with Gasteiger partial charge in [-0.05, 0) is 31.5 Å². The number of carboxylic acid groups (broad SMARTS) is 1. The fourth-order valence-electron chi connectivity index (χ4n) is 2.15. The van der Waals surface area contributed by atoms with Crippen molar-refractivity contribution in [2.24, 2.45) is 0 Å². The Labute approximate surface area is 112 Å². The van der Waals surface area contributed by atoms with Gasteiger partial charge in [0.15, 0.2) is 0 Å². The van der Waals surface area contributed by atoms with E-state index in [1.165, 1.54) is 0 Å². The number of nitrogens with zero attached hydrogens (tertiary/aromatic N) is 1. The predicted molar refractivity (Wildman–Crippen MR) is 74.1 cm³/mol. The van der Waals surface area contributed by atoms with E-state index in [9.17, 15) is 9.90 Å². The molecule has 3 nitrogen and oxygen atoms in total. The lowest BCUT2D eigenvalue weighted by Gasteiger charge is -2.25. The smallest absolute Gasteiger partial charge is 0.314 e. The molecule has 1 aromatic heterocycles. The number of aliphatic carboxylic acids is 1. The van der Waals surface area contributed by atoms with Gasteiger partial charge >= 0.3 is 5.97 Å². The zero-order valence-electron chi connectivity index (χ0n) is 11.1. The van der Waals surface area contributed by atoms with Crippen molar-refractivity contribution in [3.63, 3.8) is 0 Å². The molecule has 0 aliphatic carbocycles. The van der Waals surface area contributed by atoms with Crippen molar-refractivity contribution in [3.8, 4) is 0 Å². The first-order valence-corrected chi connectivity index (χ1v) is 6.23. The number of carbonyl (C=O) groups is 1. The summed E-state index contributed by atoms with van der Waals surface area (Å²) in [7, 11) is 0. The van der Waals surface area contributed by atoms with Crippen molar-refractivity contribution in [2.75, 3.05) is 0 Å². The monoisotopic (exact) mass is 255 g/mol. The molecule has 0 saturated carbocycles. The van der Waals surface area contributed by atoms with Gasteiger partial charge in [-0.1, -0.05) is 35.9 Å². The molecular weight excluding hydrogens is 238 g/mol. The molecule has 98 valence electrons. The number of pyridine rings is 1. The highest BCUT2D eigenvalue weighted by atomic mass is 16.4. The zero-order valence-corrected chi connectivity index (χ0v) is 11.1. The second kappa shape index (κ2) is 5.22. The maximum atomic E-state index is 11.7. The summed E-state index contributed by atoms with van der Waals surface area (Å²) in [6.45, 7) is 3.71. The highest BCUT2D eigenvalue weighted by Crippen LogP contribution is 2.28. The summed E-state index contributed by atoms with van der Waals surface area (Å²) >= 11 is 0. The normalized spacial score (nSPS) is 13.8. The van der Waals surface area contributed by atoms with E-state index in [0.29, 0.717) is 6.42 Å². The van der Waals surface area contributed by atoms with Crippen LogP contribution in [0.15, 0.2) is 48.7 Å². The van der Waals surface area contributed by atoms with Crippen molar-refractivity contribution in [2.45, 2.75) is 25.7 Å². The van der Waals surface area contributed by atoms with Gasteiger partial charge in [-0.25, -0.2) is 0 Å². The second-order valence-corrected chi connectivity index (χ2v) is 5.00. The number of aryl methyl sites for hydroxylation is 1. The number of benzene rings is 1. The summed E-state index contributed by atoms with van der Waals surface area (Å²) < 4.78 is 0. The van der Waals surface area contributed by atoms with Gasteiger partial charge in [0.1, 0.15) is 0 Å². The van der Waals surface area contributed by atoms with Gasteiger partial charge in [0.25, 0.3) is 0 Å². The van der Waals surface area contributed by atoms with Crippen LogP contribution in [0.2, 0.25) is 0 Å². The Morgan fingerprint density at radius 1 is 1.26 bits per heavy atom. The van der Waals surface area contributed by atoms with E-state index in [1.54, 1.807) is 13.1 Å². The lowest BCUT2D eigenvalue weighted by Crippen LogP contribution is -2.35. The van der Waals surface area contributed by atoms with E-state index in [2.05, 4.69) is 4.98 Å². The van der Waals surface area contributed by atoms with Gasteiger partial charge in [0.2, 0.25) is 0 Å². The van der Waals surface area contributed by atoms with E-state index in [1.807, 2.05) is 49.4 Å². The molecular formula is C16H17NO2. The van der Waals surface area contributed by atoms with Crippen LogP contribution >= 0.6 is 0 Å². The quantitative estimate of drug-likeness (QED) is 0.913. The van der Waals surface area contributed by atoms with Crippen molar-refractivity contribution in [3.05, 3.63) is 65.5 Å². The van der Waals surface area contributed by atoms with Crippen LogP contribution in [0.4, 0.5) is 0 Å². The van der Waals surface area contributed by atoms with Gasteiger partial charge < -0.3 is 5.11 Å². The lowest BCUT2D eigenvalue weighted by atomic mass is 9.78. The third-order valence-electron chi connectivity index (χ3n) is 3.39. The summed E-state index contributed by atoms with van der Waals surface area (Å²) in [4.78, 5) is 15.9. The van der Waals surface area contributed by atoms with Gasteiger partial charge in [-0.3, -0.25) is 9.78 Å². The Balaban J connectivity index is 2.41. The number of hydrogen-bond donors (Lipinski definition) is 1. The Bertz CT molecular complexity index is 580. The fourth-order valence-corrected chi connectivity index (χ4v) is 2.15. The minimum atomic E-state index is -0.958. The Kier molecular flexibility index (Phi) is 3.65. The number of hydrogen-bond acceptors (Lipinski definition) is 2. The molecule has 0 aliphatic rings. The molecule has 0 fully saturated rings. The van der Waals surface area contributed by atoms with Crippen LogP contribution in [-0.2, 0) is 16.6 Å². The summed E-state index contributed by atoms with van der Waals surface area (Å²) in [5.41, 5.74) is 1.70. The van der Waals surface area contributed by atoms with Crippen LogP contribution in [0.1, 0.15) is 23.7 Å². The minimum Gasteiger partial charge on any atom is -0.481 e. The molecule has 1 unspecified atom stereocenters. The van der Waals surface area contributed by atoms with E-state index >= 15 is 0 Å². The molecule has 1 N–H and O–H groups in total. The molecule has 0 radical (unpaired) electrons. The first-order chi connectivity index (χ1) is 9.02. The Morgan fingerprint density at radius 2 is 2.05 bits per heavy atom. The van der Waals surface area contributed by atoms with E-state index in [0.717, 1.165) is 16.8 Å². The fraction of sp³-hybridized carbons (Fsp3) is 0.250. The SMILES string of the molecule is Cc1cccc(C(C)(Cc2ccccn2)C(=O)O)c1. The van der Waals surface area contributed by atoms with Crippen LogP contribution < -0.4 is 0 Å².